The average Bonchev–Trinajstić information content (AvgIpc) is 3.40. The Morgan fingerprint density at radius 3 is 2.48 bits per heavy atom. The lowest BCUT2D eigenvalue weighted by Crippen LogP contribution is -2.53. The number of amides is 1. The summed E-state index contributed by atoms with van der Waals surface area (Å²) in [7, 11) is -3.43. The molecule has 0 bridgehead atoms. The monoisotopic (exact) mass is 570 g/mol. The van der Waals surface area contributed by atoms with Crippen molar-refractivity contribution >= 4 is 27.3 Å². The van der Waals surface area contributed by atoms with Crippen LogP contribution in [0.5, 0.6) is 0 Å². The van der Waals surface area contributed by atoms with E-state index >= 15 is 0 Å². The van der Waals surface area contributed by atoms with Crippen molar-refractivity contribution in [3.63, 3.8) is 0 Å². The number of aliphatic hydroxyl groups excluding tert-OH is 1. The summed E-state index contributed by atoms with van der Waals surface area (Å²) in [6.45, 7) is 5.59. The van der Waals surface area contributed by atoms with Gasteiger partial charge in [-0.15, -0.1) is 0 Å². The number of nitrogens with one attached hydrogen (secondary N) is 3. The molecule has 8 nitrogen and oxygen atoms in total. The van der Waals surface area contributed by atoms with E-state index in [-0.39, 0.29) is 17.2 Å². The number of carbonyl (C=O) groups excluding carboxylic acids is 1. The van der Waals surface area contributed by atoms with Crippen molar-refractivity contribution in [3.8, 4) is 0 Å². The molecule has 0 unspecified atom stereocenters. The third kappa shape index (κ3) is 7.77. The van der Waals surface area contributed by atoms with Crippen LogP contribution in [0.15, 0.2) is 48.5 Å². The van der Waals surface area contributed by atoms with Crippen LogP contribution in [-0.4, -0.2) is 62.5 Å². The second-order valence-electron chi connectivity index (χ2n) is 11.3. The Balaban J connectivity index is 1.56. The maximum Gasteiger partial charge on any atom is 0.251 e. The van der Waals surface area contributed by atoms with Crippen molar-refractivity contribution in [2.45, 2.75) is 89.3 Å². The van der Waals surface area contributed by atoms with Gasteiger partial charge in [0.05, 0.1) is 23.6 Å². The van der Waals surface area contributed by atoms with Gasteiger partial charge in [0, 0.05) is 36.4 Å². The minimum absolute atomic E-state index is 0.0615. The van der Waals surface area contributed by atoms with E-state index in [0.717, 1.165) is 37.7 Å². The lowest BCUT2D eigenvalue weighted by Gasteiger charge is -2.33. The Hall–Kier alpha value is -2.62. The number of carbonyl (C=O) groups is 1. The molecule has 1 saturated heterocycles. The van der Waals surface area contributed by atoms with E-state index < -0.39 is 22.2 Å². The lowest BCUT2D eigenvalue weighted by molar-refractivity contribution is 0.0805. The van der Waals surface area contributed by atoms with Gasteiger partial charge in [-0.3, -0.25) is 9.10 Å². The van der Waals surface area contributed by atoms with Gasteiger partial charge < -0.3 is 21.1 Å². The summed E-state index contributed by atoms with van der Waals surface area (Å²) in [5.74, 6) is -0.225. The number of rotatable bonds is 13. The largest absolute Gasteiger partial charge is 0.390 e. The SMILES string of the molecule is CCCC1(NC[C@@H](O)[C@H](Cc2ccccc2)NC(=O)c2cc(NCC)cc(N3CCCCS3(=O)=O)c2)CCCC1. The van der Waals surface area contributed by atoms with E-state index in [1.54, 1.807) is 18.2 Å². The first-order valence-corrected chi connectivity index (χ1v) is 16.5. The number of hydrogen-bond acceptors (Lipinski definition) is 6. The van der Waals surface area contributed by atoms with Crippen LogP contribution in [0.25, 0.3) is 0 Å². The summed E-state index contributed by atoms with van der Waals surface area (Å²) in [5, 5.41) is 21.4. The van der Waals surface area contributed by atoms with E-state index in [2.05, 4.69) is 22.9 Å². The predicted molar refractivity (Wildman–Crippen MR) is 162 cm³/mol. The van der Waals surface area contributed by atoms with Crippen molar-refractivity contribution < 1.29 is 18.3 Å². The fourth-order valence-electron chi connectivity index (χ4n) is 6.18. The van der Waals surface area contributed by atoms with Crippen molar-refractivity contribution in [3.05, 3.63) is 59.7 Å². The van der Waals surface area contributed by atoms with Crippen LogP contribution in [0.1, 0.15) is 81.1 Å². The fraction of sp³-hybridized carbons (Fsp3) is 0.581. The maximum absolute atomic E-state index is 13.7. The number of hydrogen-bond donors (Lipinski definition) is 4. The maximum atomic E-state index is 13.7. The number of anilines is 2. The zero-order valence-corrected chi connectivity index (χ0v) is 24.8. The minimum atomic E-state index is -3.43. The Labute approximate surface area is 240 Å². The first-order chi connectivity index (χ1) is 19.2. The normalized spacial score (nSPS) is 19.6. The van der Waals surface area contributed by atoms with Crippen LogP contribution in [0, 0.1) is 0 Å². The first-order valence-electron chi connectivity index (χ1n) is 14.9. The van der Waals surface area contributed by atoms with Crippen molar-refractivity contribution in [1.82, 2.24) is 10.6 Å². The summed E-state index contributed by atoms with van der Waals surface area (Å²) in [6.07, 6.45) is 7.91. The Morgan fingerprint density at radius 1 is 1.05 bits per heavy atom. The summed E-state index contributed by atoms with van der Waals surface area (Å²) in [6, 6.07) is 14.5. The molecule has 1 saturated carbocycles. The van der Waals surface area contributed by atoms with Gasteiger partial charge in [-0.1, -0.05) is 56.5 Å². The van der Waals surface area contributed by atoms with E-state index in [4.69, 9.17) is 0 Å². The highest BCUT2D eigenvalue weighted by Crippen LogP contribution is 2.33. The van der Waals surface area contributed by atoms with Crippen molar-refractivity contribution in [1.29, 1.82) is 0 Å². The molecule has 4 rings (SSSR count). The van der Waals surface area contributed by atoms with Gasteiger partial charge in [0.25, 0.3) is 5.91 Å². The number of sulfonamides is 1. The number of β-amino-alcohol motifs (C(OH)–C–C–N with tert-alkyl or cyclic N) is 1. The molecule has 0 aromatic heterocycles. The smallest absolute Gasteiger partial charge is 0.251 e. The van der Waals surface area contributed by atoms with Crippen LogP contribution in [0.4, 0.5) is 11.4 Å². The molecule has 2 aromatic carbocycles. The standard InChI is InChI=1S/C31H46N4O4S/c1-3-14-31(15-8-9-16-31)33-23-29(36)28(19-24-12-6-5-7-13-24)34-30(37)25-20-26(32-4-2)22-27(21-25)35-17-10-11-18-40(35,38)39/h5-7,12-13,20-22,28-29,32-33,36H,3-4,8-11,14-19,23H2,1-2H3,(H,34,37)/t28-,29+/m0/s1. The van der Waals surface area contributed by atoms with E-state index in [1.165, 1.54) is 17.1 Å². The van der Waals surface area contributed by atoms with Gasteiger partial charge >= 0.3 is 0 Å². The van der Waals surface area contributed by atoms with Crippen LogP contribution in [-0.2, 0) is 16.4 Å². The Bertz CT molecular complexity index is 1220. The summed E-state index contributed by atoms with van der Waals surface area (Å²) in [4.78, 5) is 13.7. The molecule has 4 N–H and O–H groups in total. The molecule has 1 aliphatic carbocycles. The molecule has 2 fully saturated rings. The zero-order chi connectivity index (χ0) is 28.6. The van der Waals surface area contributed by atoms with Crippen molar-refractivity contribution in [2.75, 3.05) is 35.0 Å². The van der Waals surface area contributed by atoms with Gasteiger partial charge in [0.1, 0.15) is 0 Å². The highest BCUT2D eigenvalue weighted by atomic mass is 32.2. The van der Waals surface area contributed by atoms with Crippen molar-refractivity contribution in [2.24, 2.45) is 0 Å². The van der Waals surface area contributed by atoms with Crippen LogP contribution >= 0.6 is 0 Å². The second-order valence-corrected chi connectivity index (χ2v) is 13.4. The third-order valence-corrected chi connectivity index (χ3v) is 10.1. The molecule has 1 amide bonds. The summed E-state index contributed by atoms with van der Waals surface area (Å²) in [5.41, 5.74) is 2.64. The molecule has 2 atom stereocenters. The predicted octanol–water partition coefficient (Wildman–Crippen LogP) is 4.45. The molecule has 40 heavy (non-hydrogen) atoms. The molecular formula is C31H46N4O4S. The molecule has 0 spiro atoms. The van der Waals surface area contributed by atoms with E-state index in [9.17, 15) is 18.3 Å². The highest BCUT2D eigenvalue weighted by Gasteiger charge is 2.34. The number of benzene rings is 2. The summed E-state index contributed by atoms with van der Waals surface area (Å²) >= 11 is 0. The minimum Gasteiger partial charge on any atom is -0.390 e. The summed E-state index contributed by atoms with van der Waals surface area (Å²) < 4.78 is 27.1. The number of nitrogens with zero attached hydrogens (tertiary/aromatic N) is 1. The molecule has 1 heterocycles. The topological polar surface area (TPSA) is 111 Å². The molecule has 2 aliphatic rings. The molecule has 2 aromatic rings. The average molecular weight is 571 g/mol. The van der Waals surface area contributed by atoms with Gasteiger partial charge in [0.2, 0.25) is 10.0 Å². The van der Waals surface area contributed by atoms with E-state index in [1.807, 2.05) is 37.3 Å². The molecular weight excluding hydrogens is 524 g/mol. The second kappa shape index (κ2) is 13.8. The molecule has 0 radical (unpaired) electrons. The quantitative estimate of drug-likeness (QED) is 0.283. The first kappa shape index (κ1) is 30.3. The molecule has 9 heteroatoms. The van der Waals surface area contributed by atoms with Gasteiger partial charge in [-0.25, -0.2) is 8.42 Å². The van der Waals surface area contributed by atoms with Crippen LogP contribution in [0.2, 0.25) is 0 Å². The Kier molecular flexibility index (Phi) is 10.5. The van der Waals surface area contributed by atoms with Crippen LogP contribution < -0.4 is 20.3 Å². The third-order valence-electron chi connectivity index (χ3n) is 8.25. The van der Waals surface area contributed by atoms with E-state index in [0.29, 0.717) is 49.4 Å². The van der Waals surface area contributed by atoms with Gasteiger partial charge in [-0.05, 0) is 69.2 Å². The molecule has 1 aliphatic heterocycles. The highest BCUT2D eigenvalue weighted by molar-refractivity contribution is 7.92. The zero-order valence-electron chi connectivity index (χ0n) is 24.0. The van der Waals surface area contributed by atoms with Crippen LogP contribution in [0.3, 0.4) is 0 Å². The molecule has 220 valence electrons. The number of aliphatic hydroxyl groups is 1. The van der Waals surface area contributed by atoms with Gasteiger partial charge in [0.15, 0.2) is 0 Å². The fourth-order valence-corrected chi connectivity index (χ4v) is 7.81. The lowest BCUT2D eigenvalue weighted by atomic mass is 9.91. The van der Waals surface area contributed by atoms with Gasteiger partial charge in [-0.2, -0.15) is 0 Å². The Morgan fingerprint density at radius 2 is 1.80 bits per heavy atom.